The van der Waals surface area contributed by atoms with Gasteiger partial charge in [-0.05, 0) is 64.4 Å². The second-order valence-electron chi connectivity index (χ2n) is 8.12. The van der Waals surface area contributed by atoms with Crippen LogP contribution < -0.4 is 10.3 Å². The summed E-state index contributed by atoms with van der Waals surface area (Å²) in [7, 11) is 0. The SMILES string of the molecule is CCOC(=O)CCCOc1cccn2c(=O)c(-c3cc(C)n(-c4ccc(C)cc4)n3)c(C)nc12. The predicted octanol–water partition coefficient (Wildman–Crippen LogP) is 4.19. The first-order chi connectivity index (χ1) is 16.4. The monoisotopic (exact) mass is 460 g/mol. The lowest BCUT2D eigenvalue weighted by Crippen LogP contribution is -2.20. The molecule has 0 N–H and O–H groups in total. The molecular formula is C26H28N4O4. The van der Waals surface area contributed by atoms with Crippen LogP contribution in [0.5, 0.6) is 5.75 Å². The molecule has 0 aliphatic heterocycles. The third-order valence-corrected chi connectivity index (χ3v) is 5.51. The van der Waals surface area contributed by atoms with Gasteiger partial charge in [0.05, 0.1) is 30.2 Å². The van der Waals surface area contributed by atoms with Gasteiger partial charge < -0.3 is 9.47 Å². The van der Waals surface area contributed by atoms with Crippen LogP contribution in [0.2, 0.25) is 0 Å². The van der Waals surface area contributed by atoms with Gasteiger partial charge >= 0.3 is 5.97 Å². The van der Waals surface area contributed by atoms with Crippen LogP contribution in [0.3, 0.4) is 0 Å². The molecule has 0 saturated heterocycles. The van der Waals surface area contributed by atoms with Gasteiger partial charge in [0.2, 0.25) is 0 Å². The summed E-state index contributed by atoms with van der Waals surface area (Å²) < 4.78 is 14.1. The quantitative estimate of drug-likeness (QED) is 0.289. The molecule has 3 aromatic heterocycles. The fourth-order valence-electron chi connectivity index (χ4n) is 3.83. The summed E-state index contributed by atoms with van der Waals surface area (Å²) in [5.41, 5.74) is 4.82. The molecule has 0 atom stereocenters. The van der Waals surface area contributed by atoms with E-state index in [0.29, 0.717) is 48.0 Å². The molecule has 4 rings (SSSR count). The highest BCUT2D eigenvalue weighted by Gasteiger charge is 2.18. The van der Waals surface area contributed by atoms with Crippen molar-refractivity contribution in [2.24, 2.45) is 0 Å². The first-order valence-corrected chi connectivity index (χ1v) is 11.3. The lowest BCUT2D eigenvalue weighted by atomic mass is 10.1. The molecule has 0 aliphatic rings. The number of hydrogen-bond donors (Lipinski definition) is 0. The average Bonchev–Trinajstić information content (AvgIpc) is 3.18. The maximum Gasteiger partial charge on any atom is 0.305 e. The number of fused-ring (bicyclic) bond motifs is 1. The number of aryl methyl sites for hydroxylation is 3. The molecule has 176 valence electrons. The first-order valence-electron chi connectivity index (χ1n) is 11.3. The highest BCUT2D eigenvalue weighted by atomic mass is 16.5. The van der Waals surface area contributed by atoms with Crippen molar-refractivity contribution in [3.63, 3.8) is 0 Å². The fraction of sp³-hybridized carbons (Fsp3) is 0.308. The van der Waals surface area contributed by atoms with Crippen molar-refractivity contribution in [3.05, 3.63) is 76.0 Å². The number of hydrogen-bond acceptors (Lipinski definition) is 6. The van der Waals surface area contributed by atoms with Gasteiger partial charge in [0.1, 0.15) is 5.69 Å². The summed E-state index contributed by atoms with van der Waals surface area (Å²) in [4.78, 5) is 29.6. The van der Waals surface area contributed by atoms with Crippen molar-refractivity contribution < 1.29 is 14.3 Å². The topological polar surface area (TPSA) is 87.7 Å². The average molecular weight is 461 g/mol. The number of carbonyl (C=O) groups is 1. The van der Waals surface area contributed by atoms with Gasteiger partial charge in [-0.15, -0.1) is 0 Å². The first kappa shape index (κ1) is 23.2. The van der Waals surface area contributed by atoms with Gasteiger partial charge in [-0.3, -0.25) is 14.0 Å². The Bertz CT molecular complexity index is 1390. The van der Waals surface area contributed by atoms with Gasteiger partial charge in [0, 0.05) is 18.3 Å². The van der Waals surface area contributed by atoms with Crippen LogP contribution in [0, 0.1) is 20.8 Å². The molecule has 4 aromatic rings. The maximum atomic E-state index is 13.5. The third kappa shape index (κ3) is 4.71. The van der Waals surface area contributed by atoms with E-state index in [1.54, 1.807) is 32.2 Å². The largest absolute Gasteiger partial charge is 0.490 e. The summed E-state index contributed by atoms with van der Waals surface area (Å²) in [5.74, 6) is 0.235. The molecule has 0 fully saturated rings. The van der Waals surface area contributed by atoms with Gasteiger partial charge in [0.25, 0.3) is 5.56 Å². The lowest BCUT2D eigenvalue weighted by Gasteiger charge is -2.11. The molecule has 0 unspecified atom stereocenters. The summed E-state index contributed by atoms with van der Waals surface area (Å²) in [6.45, 7) is 8.25. The van der Waals surface area contributed by atoms with E-state index in [9.17, 15) is 9.59 Å². The smallest absolute Gasteiger partial charge is 0.305 e. The van der Waals surface area contributed by atoms with Crippen molar-refractivity contribution in [2.75, 3.05) is 13.2 Å². The van der Waals surface area contributed by atoms with Crippen LogP contribution in [0.25, 0.3) is 22.6 Å². The molecular weight excluding hydrogens is 432 g/mol. The molecule has 0 aliphatic carbocycles. The van der Waals surface area contributed by atoms with Crippen LogP contribution in [0.4, 0.5) is 0 Å². The van der Waals surface area contributed by atoms with E-state index in [-0.39, 0.29) is 17.9 Å². The van der Waals surface area contributed by atoms with Gasteiger partial charge in [0.15, 0.2) is 11.4 Å². The number of nitrogens with zero attached hydrogens (tertiary/aromatic N) is 4. The van der Waals surface area contributed by atoms with Crippen molar-refractivity contribution in [1.82, 2.24) is 19.2 Å². The van der Waals surface area contributed by atoms with Crippen LogP contribution in [-0.2, 0) is 9.53 Å². The summed E-state index contributed by atoms with van der Waals surface area (Å²) in [6, 6.07) is 13.5. The van der Waals surface area contributed by atoms with Gasteiger partial charge in [-0.25, -0.2) is 9.67 Å². The molecule has 0 saturated carbocycles. The summed E-state index contributed by atoms with van der Waals surface area (Å²) >= 11 is 0. The van der Waals surface area contributed by atoms with Crippen LogP contribution in [0.1, 0.15) is 36.7 Å². The number of benzene rings is 1. The van der Waals surface area contributed by atoms with Crippen LogP contribution >= 0.6 is 0 Å². The van der Waals surface area contributed by atoms with E-state index in [1.807, 2.05) is 48.9 Å². The maximum absolute atomic E-state index is 13.5. The third-order valence-electron chi connectivity index (χ3n) is 5.51. The molecule has 3 heterocycles. The minimum Gasteiger partial charge on any atom is -0.490 e. The Labute approximate surface area is 197 Å². The number of aromatic nitrogens is 4. The molecule has 8 heteroatoms. The van der Waals surface area contributed by atoms with Gasteiger partial charge in [-0.1, -0.05) is 17.7 Å². The van der Waals surface area contributed by atoms with E-state index in [4.69, 9.17) is 14.6 Å². The molecule has 0 radical (unpaired) electrons. The van der Waals surface area contributed by atoms with Crippen molar-refractivity contribution in [3.8, 4) is 22.7 Å². The summed E-state index contributed by atoms with van der Waals surface area (Å²) in [6.07, 6.45) is 2.46. The molecule has 0 bridgehead atoms. The van der Waals surface area contributed by atoms with E-state index >= 15 is 0 Å². The van der Waals surface area contributed by atoms with Crippen molar-refractivity contribution >= 4 is 11.6 Å². The Morgan fingerprint density at radius 1 is 1.09 bits per heavy atom. The molecule has 34 heavy (non-hydrogen) atoms. The minimum absolute atomic E-state index is 0.215. The van der Waals surface area contributed by atoms with E-state index < -0.39 is 0 Å². The lowest BCUT2D eigenvalue weighted by molar-refractivity contribution is -0.143. The molecule has 0 spiro atoms. The van der Waals surface area contributed by atoms with Crippen molar-refractivity contribution in [1.29, 1.82) is 0 Å². The Morgan fingerprint density at radius 3 is 2.59 bits per heavy atom. The normalized spacial score (nSPS) is 11.1. The number of carbonyl (C=O) groups excluding carboxylic acids is 1. The number of rotatable bonds is 8. The standard InChI is InChI=1S/C26H28N4O4/c1-5-33-23(31)9-7-15-34-22-8-6-14-29-25(22)27-19(4)24(26(29)32)21-16-18(3)30(28-21)20-12-10-17(2)11-13-20/h6,8,10-14,16H,5,7,9,15H2,1-4H3. The predicted molar refractivity (Wildman–Crippen MR) is 130 cm³/mol. The zero-order chi connectivity index (χ0) is 24.2. The Morgan fingerprint density at radius 2 is 1.85 bits per heavy atom. The molecule has 1 aromatic carbocycles. The highest BCUT2D eigenvalue weighted by Crippen LogP contribution is 2.24. The van der Waals surface area contributed by atoms with Crippen LogP contribution in [-0.4, -0.2) is 38.3 Å². The zero-order valence-electron chi connectivity index (χ0n) is 19.9. The zero-order valence-corrected chi connectivity index (χ0v) is 19.9. The van der Waals surface area contributed by atoms with Crippen LogP contribution in [0.15, 0.2) is 53.5 Å². The second-order valence-corrected chi connectivity index (χ2v) is 8.12. The summed E-state index contributed by atoms with van der Waals surface area (Å²) in [5, 5.41) is 4.71. The Hall–Kier alpha value is -3.94. The van der Waals surface area contributed by atoms with E-state index in [1.165, 1.54) is 9.96 Å². The minimum atomic E-state index is -0.251. The van der Waals surface area contributed by atoms with Gasteiger partial charge in [-0.2, -0.15) is 5.10 Å². The second kappa shape index (κ2) is 9.91. The van der Waals surface area contributed by atoms with Crippen molar-refractivity contribution in [2.45, 2.75) is 40.5 Å². The Balaban J connectivity index is 1.65. The fourth-order valence-corrected chi connectivity index (χ4v) is 3.83. The number of pyridine rings is 1. The number of esters is 1. The molecule has 0 amide bonds. The van der Waals surface area contributed by atoms with E-state index in [2.05, 4.69) is 4.98 Å². The highest BCUT2D eigenvalue weighted by molar-refractivity contribution is 5.69. The number of ether oxygens (including phenoxy) is 2. The Kier molecular flexibility index (Phi) is 6.77. The molecule has 8 nitrogen and oxygen atoms in total. The van der Waals surface area contributed by atoms with E-state index in [0.717, 1.165) is 11.4 Å².